The minimum absolute atomic E-state index is 0.0417. The Balaban J connectivity index is 1.25. The Morgan fingerprint density at radius 1 is 0.844 bits per heavy atom. The minimum atomic E-state index is -0.688. The average molecular weight is 613 g/mol. The highest BCUT2D eigenvalue weighted by Crippen LogP contribution is 2.19. The van der Waals surface area contributed by atoms with Gasteiger partial charge in [0, 0.05) is 45.2 Å². The number of likely N-dealkylation sites (tertiary alicyclic amines) is 1. The van der Waals surface area contributed by atoms with Crippen molar-refractivity contribution in [2.75, 3.05) is 39.4 Å². The number of hydrogen-bond acceptors (Lipinski definition) is 6. The van der Waals surface area contributed by atoms with Gasteiger partial charge in [0.15, 0.2) is 0 Å². The van der Waals surface area contributed by atoms with Gasteiger partial charge in [-0.25, -0.2) is 0 Å². The number of benzene rings is 3. The Morgan fingerprint density at radius 2 is 1.51 bits per heavy atom. The van der Waals surface area contributed by atoms with Gasteiger partial charge in [-0.1, -0.05) is 86.6 Å². The molecule has 0 aliphatic carbocycles. The zero-order valence-electron chi connectivity index (χ0n) is 26.7. The lowest BCUT2D eigenvalue weighted by Gasteiger charge is -2.35. The quantitative estimate of drug-likeness (QED) is 0.280. The van der Waals surface area contributed by atoms with Gasteiger partial charge in [0.05, 0.1) is 19.3 Å². The van der Waals surface area contributed by atoms with Gasteiger partial charge in [-0.3, -0.25) is 19.4 Å². The van der Waals surface area contributed by atoms with Crippen molar-refractivity contribution in [2.45, 2.75) is 64.4 Å². The fourth-order valence-electron chi connectivity index (χ4n) is 6.17. The van der Waals surface area contributed by atoms with Crippen LogP contribution in [0, 0.1) is 5.92 Å². The normalized spacial score (nSPS) is 18.8. The number of amides is 2. The molecule has 1 unspecified atom stereocenters. The Labute approximate surface area is 268 Å². The lowest BCUT2D eigenvalue weighted by atomic mass is 9.99. The first kappa shape index (κ1) is 32.7. The summed E-state index contributed by atoms with van der Waals surface area (Å²) in [6.07, 6.45) is 2.01. The van der Waals surface area contributed by atoms with Crippen LogP contribution in [-0.4, -0.2) is 79.1 Å². The predicted octanol–water partition coefficient (Wildman–Crippen LogP) is 4.43. The smallest absolute Gasteiger partial charge is 0.243 e. The summed E-state index contributed by atoms with van der Waals surface area (Å²) in [6, 6.07) is 27.4. The second-order valence-corrected chi connectivity index (χ2v) is 12.7. The number of carbonyl (C=O) groups excluding carboxylic acids is 2. The van der Waals surface area contributed by atoms with E-state index in [1.807, 2.05) is 60.7 Å². The van der Waals surface area contributed by atoms with E-state index in [2.05, 4.69) is 58.5 Å². The Bertz CT molecular complexity index is 1330. The highest BCUT2D eigenvalue weighted by atomic mass is 16.5. The average Bonchev–Trinajstić information content (AvgIpc) is 3.50. The third kappa shape index (κ3) is 10.1. The first-order valence-corrected chi connectivity index (χ1v) is 16.4. The van der Waals surface area contributed by atoms with E-state index < -0.39 is 6.04 Å². The largest absolute Gasteiger partial charge is 0.489 e. The molecule has 8 nitrogen and oxygen atoms in total. The molecule has 45 heavy (non-hydrogen) atoms. The van der Waals surface area contributed by atoms with Gasteiger partial charge in [-0.05, 0) is 47.6 Å². The molecule has 0 radical (unpaired) electrons. The van der Waals surface area contributed by atoms with Gasteiger partial charge in [0.1, 0.15) is 18.4 Å². The topological polar surface area (TPSA) is 83.1 Å². The van der Waals surface area contributed by atoms with Crippen molar-refractivity contribution in [3.05, 3.63) is 102 Å². The Hall–Kier alpha value is -3.72. The number of nitrogens with one attached hydrogen (secondary N) is 2. The third-order valence-corrected chi connectivity index (χ3v) is 8.60. The molecule has 2 N–H and O–H groups in total. The molecule has 0 bridgehead atoms. The van der Waals surface area contributed by atoms with Crippen molar-refractivity contribution < 1.29 is 19.1 Å². The van der Waals surface area contributed by atoms with Crippen molar-refractivity contribution >= 4 is 11.8 Å². The van der Waals surface area contributed by atoms with Crippen LogP contribution in [0.15, 0.2) is 84.9 Å². The predicted molar refractivity (Wildman–Crippen MR) is 177 cm³/mol. The van der Waals surface area contributed by atoms with E-state index in [1.54, 1.807) is 0 Å². The van der Waals surface area contributed by atoms with Crippen LogP contribution in [0.2, 0.25) is 0 Å². The fourth-order valence-corrected chi connectivity index (χ4v) is 6.17. The molecular formula is C37H48N4O4. The molecule has 8 heteroatoms. The highest BCUT2D eigenvalue weighted by Gasteiger charge is 2.33. The van der Waals surface area contributed by atoms with E-state index in [9.17, 15) is 9.59 Å². The zero-order valence-corrected chi connectivity index (χ0v) is 26.7. The molecule has 2 aliphatic rings. The molecule has 2 saturated heterocycles. The lowest BCUT2D eigenvalue weighted by Crippen LogP contribution is -2.57. The molecule has 3 aromatic rings. The molecule has 2 heterocycles. The number of carbonyl (C=O) groups is 2. The van der Waals surface area contributed by atoms with Crippen molar-refractivity contribution in [3.8, 4) is 5.75 Å². The fraction of sp³-hybridized carbons (Fsp3) is 0.459. The van der Waals surface area contributed by atoms with Crippen LogP contribution in [0.3, 0.4) is 0 Å². The van der Waals surface area contributed by atoms with Gasteiger partial charge in [0.2, 0.25) is 11.8 Å². The van der Waals surface area contributed by atoms with Crippen LogP contribution in [0.4, 0.5) is 0 Å². The first-order valence-electron chi connectivity index (χ1n) is 16.4. The SMILES string of the molecule is CC(C)C[C@H](C(=O)N[C@@H](Cc1ccc(OCc2ccccc2)cc1)C(=O)NC1CCN(Cc2ccccc2)C1)N1CCOCC1. The maximum Gasteiger partial charge on any atom is 0.243 e. The molecule has 2 fully saturated rings. The summed E-state index contributed by atoms with van der Waals surface area (Å²) < 4.78 is 11.5. The lowest BCUT2D eigenvalue weighted by molar-refractivity contribution is -0.134. The summed E-state index contributed by atoms with van der Waals surface area (Å²) in [5, 5.41) is 6.45. The number of rotatable bonds is 14. The van der Waals surface area contributed by atoms with E-state index in [0.29, 0.717) is 45.2 Å². The molecule has 0 aromatic heterocycles. The first-order chi connectivity index (χ1) is 21.9. The summed E-state index contributed by atoms with van der Waals surface area (Å²) >= 11 is 0. The standard InChI is InChI=1S/C37H48N4O4/c1-28(2)23-35(41-19-21-44-22-20-41)37(43)39-34(24-29-13-15-33(16-14-29)45-27-31-11-7-4-8-12-31)36(42)38-32-17-18-40(26-32)25-30-9-5-3-6-10-30/h3-16,28,32,34-35H,17-27H2,1-2H3,(H,38,42)(H,39,43)/t32?,34-,35+/m0/s1. The van der Waals surface area contributed by atoms with Crippen molar-refractivity contribution in [2.24, 2.45) is 5.92 Å². The van der Waals surface area contributed by atoms with Crippen LogP contribution >= 0.6 is 0 Å². The van der Waals surface area contributed by atoms with Gasteiger partial charge >= 0.3 is 0 Å². The van der Waals surface area contributed by atoms with Crippen LogP contribution in [0.5, 0.6) is 5.75 Å². The van der Waals surface area contributed by atoms with Crippen LogP contribution in [0.1, 0.15) is 43.4 Å². The number of morpholine rings is 1. The second kappa shape index (κ2) is 16.5. The van der Waals surface area contributed by atoms with Crippen molar-refractivity contribution in [3.63, 3.8) is 0 Å². The molecule has 3 aromatic carbocycles. The molecular weight excluding hydrogens is 564 g/mol. The molecule has 3 atom stereocenters. The van der Waals surface area contributed by atoms with Crippen molar-refractivity contribution in [1.29, 1.82) is 0 Å². The van der Waals surface area contributed by atoms with Gasteiger partial charge in [0.25, 0.3) is 0 Å². The number of hydrogen-bond donors (Lipinski definition) is 2. The summed E-state index contributed by atoms with van der Waals surface area (Å²) in [6.45, 7) is 9.99. The zero-order chi connectivity index (χ0) is 31.4. The van der Waals surface area contributed by atoms with E-state index in [-0.39, 0.29) is 23.9 Å². The summed E-state index contributed by atoms with van der Waals surface area (Å²) in [4.78, 5) is 32.3. The molecule has 5 rings (SSSR count). The minimum Gasteiger partial charge on any atom is -0.489 e. The number of ether oxygens (including phenoxy) is 2. The molecule has 240 valence electrons. The summed E-state index contributed by atoms with van der Waals surface area (Å²) in [5.41, 5.74) is 3.34. The van der Waals surface area contributed by atoms with E-state index in [4.69, 9.17) is 9.47 Å². The van der Waals surface area contributed by atoms with E-state index in [1.165, 1.54) is 5.56 Å². The van der Waals surface area contributed by atoms with E-state index in [0.717, 1.165) is 49.4 Å². The Kier molecular flexibility index (Phi) is 12.0. The number of nitrogens with zero attached hydrogens (tertiary/aromatic N) is 2. The summed E-state index contributed by atoms with van der Waals surface area (Å²) in [5.74, 6) is 0.880. The maximum atomic E-state index is 13.8. The molecule has 2 amide bonds. The monoisotopic (exact) mass is 612 g/mol. The Morgan fingerprint density at radius 3 is 2.18 bits per heavy atom. The van der Waals surface area contributed by atoms with Crippen LogP contribution < -0.4 is 15.4 Å². The van der Waals surface area contributed by atoms with Gasteiger partial charge < -0.3 is 20.1 Å². The van der Waals surface area contributed by atoms with Crippen molar-refractivity contribution in [1.82, 2.24) is 20.4 Å². The summed E-state index contributed by atoms with van der Waals surface area (Å²) in [7, 11) is 0. The molecule has 0 spiro atoms. The molecule has 0 saturated carbocycles. The molecule has 2 aliphatic heterocycles. The highest BCUT2D eigenvalue weighted by molar-refractivity contribution is 5.90. The third-order valence-electron chi connectivity index (χ3n) is 8.60. The second-order valence-electron chi connectivity index (χ2n) is 12.7. The van der Waals surface area contributed by atoms with E-state index >= 15 is 0 Å². The van der Waals surface area contributed by atoms with Crippen LogP contribution in [-0.2, 0) is 33.9 Å². The maximum absolute atomic E-state index is 13.8. The van der Waals surface area contributed by atoms with Gasteiger partial charge in [-0.2, -0.15) is 0 Å². The van der Waals surface area contributed by atoms with Crippen LogP contribution in [0.25, 0.3) is 0 Å². The van der Waals surface area contributed by atoms with Gasteiger partial charge in [-0.15, -0.1) is 0 Å².